The van der Waals surface area contributed by atoms with Crippen LogP contribution in [0.1, 0.15) is 21.7 Å². The number of aromatic nitrogens is 1. The molecule has 3 N–H and O–H groups in total. The van der Waals surface area contributed by atoms with Gasteiger partial charge in [-0.3, -0.25) is 0 Å². The minimum atomic E-state index is -1.01. The first-order valence-corrected chi connectivity index (χ1v) is 5.84. The molecule has 0 spiro atoms. The number of benzene rings is 1. The van der Waals surface area contributed by atoms with Gasteiger partial charge in [0.05, 0.1) is 18.3 Å². The molecule has 1 aromatic carbocycles. The predicted octanol–water partition coefficient (Wildman–Crippen LogP) is 2.00. The molecular formula is C13H13N3O4. The summed E-state index contributed by atoms with van der Waals surface area (Å²) in [4.78, 5) is 22.5. The fraction of sp³-hybridized carbons (Fsp3) is 0.154. The summed E-state index contributed by atoms with van der Waals surface area (Å²) in [5.41, 5.74) is 1.39. The van der Waals surface area contributed by atoms with E-state index >= 15 is 0 Å². The van der Waals surface area contributed by atoms with E-state index in [0.717, 1.165) is 0 Å². The van der Waals surface area contributed by atoms with Crippen LogP contribution in [0.4, 0.5) is 10.5 Å². The summed E-state index contributed by atoms with van der Waals surface area (Å²) in [6.45, 7) is 1.94. The van der Waals surface area contributed by atoms with Crippen molar-refractivity contribution in [2.75, 3.05) is 5.32 Å². The van der Waals surface area contributed by atoms with E-state index in [1.165, 1.54) is 18.3 Å². The molecular weight excluding hydrogens is 262 g/mol. The molecule has 0 atom stereocenters. The molecule has 2 aromatic rings. The van der Waals surface area contributed by atoms with E-state index in [1.807, 2.05) is 0 Å². The molecule has 2 rings (SSSR count). The van der Waals surface area contributed by atoms with Crippen LogP contribution in [-0.4, -0.2) is 22.3 Å². The highest BCUT2D eigenvalue weighted by atomic mass is 16.5. The molecule has 1 aromatic heterocycles. The molecule has 7 nitrogen and oxygen atoms in total. The number of rotatable bonds is 4. The molecule has 0 unspecified atom stereocenters. The minimum absolute atomic E-state index is 0.176. The Balaban J connectivity index is 1.95. The van der Waals surface area contributed by atoms with Crippen molar-refractivity contribution in [3.63, 3.8) is 0 Å². The van der Waals surface area contributed by atoms with Crippen LogP contribution in [-0.2, 0) is 6.54 Å². The molecule has 20 heavy (non-hydrogen) atoms. The molecule has 0 fully saturated rings. The first-order chi connectivity index (χ1) is 9.56. The molecule has 0 aliphatic carbocycles. The van der Waals surface area contributed by atoms with Crippen LogP contribution in [0.3, 0.4) is 0 Å². The maximum Gasteiger partial charge on any atom is 0.335 e. The van der Waals surface area contributed by atoms with Gasteiger partial charge < -0.3 is 20.3 Å². The third-order valence-electron chi connectivity index (χ3n) is 2.64. The second-order valence-corrected chi connectivity index (χ2v) is 4.12. The highest BCUT2D eigenvalue weighted by Crippen LogP contribution is 2.16. The molecule has 0 aliphatic rings. The quantitative estimate of drug-likeness (QED) is 0.791. The molecule has 7 heteroatoms. The highest BCUT2D eigenvalue weighted by molar-refractivity contribution is 5.92. The Bertz CT molecular complexity index is 623. The minimum Gasteiger partial charge on any atom is -0.478 e. The summed E-state index contributed by atoms with van der Waals surface area (Å²) in [5, 5.41) is 17.6. The summed E-state index contributed by atoms with van der Waals surface area (Å²) >= 11 is 0. The van der Waals surface area contributed by atoms with Crippen molar-refractivity contribution in [1.29, 1.82) is 0 Å². The van der Waals surface area contributed by atoms with Crippen LogP contribution in [0.2, 0.25) is 0 Å². The number of nitrogens with zero attached hydrogens (tertiary/aromatic N) is 1. The fourth-order valence-electron chi connectivity index (χ4n) is 1.60. The molecule has 104 valence electrons. The van der Waals surface area contributed by atoms with Crippen molar-refractivity contribution in [3.8, 4) is 0 Å². The van der Waals surface area contributed by atoms with Crippen molar-refractivity contribution in [3.05, 3.63) is 47.3 Å². The lowest BCUT2D eigenvalue weighted by atomic mass is 10.1. The summed E-state index contributed by atoms with van der Waals surface area (Å²) in [5.74, 6) is -0.465. The van der Waals surface area contributed by atoms with E-state index < -0.39 is 12.0 Å². The number of hydrogen-bond acceptors (Lipinski definition) is 4. The lowest BCUT2D eigenvalue weighted by Gasteiger charge is -2.09. The van der Waals surface area contributed by atoms with Crippen LogP contribution in [0.15, 0.2) is 35.0 Å². The van der Waals surface area contributed by atoms with E-state index in [-0.39, 0.29) is 12.1 Å². The lowest BCUT2D eigenvalue weighted by Crippen LogP contribution is -2.28. The number of aromatic carboxylic acids is 1. The van der Waals surface area contributed by atoms with Gasteiger partial charge in [0.2, 0.25) is 0 Å². The molecule has 1 heterocycles. The van der Waals surface area contributed by atoms with Crippen LogP contribution >= 0.6 is 0 Å². The van der Waals surface area contributed by atoms with Crippen LogP contribution in [0, 0.1) is 6.92 Å². The topological polar surface area (TPSA) is 104 Å². The van der Waals surface area contributed by atoms with Gasteiger partial charge in [0, 0.05) is 11.8 Å². The molecule has 2 amide bonds. The van der Waals surface area contributed by atoms with Crippen LogP contribution in [0.5, 0.6) is 0 Å². The van der Waals surface area contributed by atoms with Gasteiger partial charge in [-0.25, -0.2) is 9.59 Å². The van der Waals surface area contributed by atoms with Crippen molar-refractivity contribution in [2.45, 2.75) is 13.5 Å². The van der Waals surface area contributed by atoms with Gasteiger partial charge in [-0.05, 0) is 30.7 Å². The Morgan fingerprint density at radius 2 is 2.15 bits per heavy atom. The second kappa shape index (κ2) is 5.87. The van der Waals surface area contributed by atoms with Crippen molar-refractivity contribution >= 4 is 17.7 Å². The SMILES string of the molecule is Cc1cc(C(=O)O)ccc1NC(=O)NCc1ccno1. The number of urea groups is 1. The monoisotopic (exact) mass is 275 g/mol. The summed E-state index contributed by atoms with van der Waals surface area (Å²) in [6.07, 6.45) is 1.49. The van der Waals surface area contributed by atoms with Gasteiger partial charge in [-0.15, -0.1) is 0 Å². The van der Waals surface area contributed by atoms with Crippen molar-refractivity contribution in [2.24, 2.45) is 0 Å². The lowest BCUT2D eigenvalue weighted by molar-refractivity contribution is 0.0697. The zero-order valence-corrected chi connectivity index (χ0v) is 10.7. The molecule has 0 radical (unpaired) electrons. The predicted molar refractivity (Wildman–Crippen MR) is 70.5 cm³/mol. The first-order valence-electron chi connectivity index (χ1n) is 5.84. The van der Waals surface area contributed by atoms with Gasteiger partial charge in [0.25, 0.3) is 0 Å². The fourth-order valence-corrected chi connectivity index (χ4v) is 1.60. The largest absolute Gasteiger partial charge is 0.478 e. The zero-order chi connectivity index (χ0) is 14.5. The smallest absolute Gasteiger partial charge is 0.335 e. The Morgan fingerprint density at radius 3 is 2.75 bits per heavy atom. The van der Waals surface area contributed by atoms with Gasteiger partial charge in [-0.2, -0.15) is 0 Å². The maximum absolute atomic E-state index is 11.7. The Kier molecular flexibility index (Phi) is 3.99. The number of carbonyl (C=O) groups is 2. The van der Waals surface area contributed by atoms with Crippen LogP contribution in [0.25, 0.3) is 0 Å². The van der Waals surface area contributed by atoms with E-state index in [1.54, 1.807) is 19.1 Å². The van der Waals surface area contributed by atoms with Crippen molar-refractivity contribution in [1.82, 2.24) is 10.5 Å². The first kappa shape index (κ1) is 13.6. The Labute approximate surface area is 114 Å². The van der Waals surface area contributed by atoms with Gasteiger partial charge >= 0.3 is 12.0 Å². The van der Waals surface area contributed by atoms with Gasteiger partial charge in [0.1, 0.15) is 0 Å². The molecule has 0 bridgehead atoms. The van der Waals surface area contributed by atoms with E-state index in [2.05, 4.69) is 15.8 Å². The number of carboxylic acids is 1. The van der Waals surface area contributed by atoms with E-state index in [4.69, 9.17) is 9.63 Å². The number of carbonyl (C=O) groups excluding carboxylic acids is 1. The zero-order valence-electron chi connectivity index (χ0n) is 10.7. The number of aryl methyl sites for hydroxylation is 1. The number of carboxylic acid groups (broad SMARTS) is 1. The molecule has 0 aliphatic heterocycles. The normalized spacial score (nSPS) is 10.1. The Morgan fingerprint density at radius 1 is 1.35 bits per heavy atom. The van der Waals surface area contributed by atoms with E-state index in [0.29, 0.717) is 17.0 Å². The van der Waals surface area contributed by atoms with Crippen molar-refractivity contribution < 1.29 is 19.2 Å². The second-order valence-electron chi connectivity index (χ2n) is 4.12. The van der Waals surface area contributed by atoms with Gasteiger partial charge in [0.15, 0.2) is 5.76 Å². The number of amides is 2. The van der Waals surface area contributed by atoms with Gasteiger partial charge in [-0.1, -0.05) is 5.16 Å². The summed E-state index contributed by atoms with van der Waals surface area (Å²) in [7, 11) is 0. The standard InChI is InChI=1S/C13H13N3O4/c1-8-6-9(12(17)18)2-3-11(8)16-13(19)14-7-10-4-5-15-20-10/h2-6H,7H2,1H3,(H,17,18)(H2,14,16,19). The molecule has 0 saturated heterocycles. The molecule has 0 saturated carbocycles. The number of nitrogens with one attached hydrogen (secondary N) is 2. The average molecular weight is 275 g/mol. The summed E-state index contributed by atoms with van der Waals surface area (Å²) in [6, 6.07) is 5.71. The third kappa shape index (κ3) is 3.35. The summed E-state index contributed by atoms with van der Waals surface area (Å²) < 4.78 is 4.84. The van der Waals surface area contributed by atoms with E-state index in [9.17, 15) is 9.59 Å². The number of hydrogen-bond donors (Lipinski definition) is 3. The average Bonchev–Trinajstić information content (AvgIpc) is 2.91. The number of anilines is 1. The van der Waals surface area contributed by atoms with Crippen LogP contribution < -0.4 is 10.6 Å². The Hall–Kier alpha value is -2.83. The maximum atomic E-state index is 11.7. The third-order valence-corrected chi connectivity index (χ3v) is 2.64. The highest BCUT2D eigenvalue weighted by Gasteiger charge is 2.08.